The highest BCUT2D eigenvalue weighted by molar-refractivity contribution is 5.93. The van der Waals surface area contributed by atoms with E-state index >= 15 is 0 Å². The summed E-state index contributed by atoms with van der Waals surface area (Å²) in [7, 11) is 2.11. The molecule has 2 saturated heterocycles. The first kappa shape index (κ1) is 20.3. The van der Waals surface area contributed by atoms with E-state index in [-0.39, 0.29) is 23.1 Å². The Morgan fingerprint density at radius 2 is 1.74 bits per heavy atom. The number of carbonyl (C=O) groups is 2. The number of nitrogens with zero attached hydrogens (tertiary/aromatic N) is 3. The van der Waals surface area contributed by atoms with E-state index in [2.05, 4.69) is 36.2 Å². The Morgan fingerprint density at radius 3 is 2.45 bits per heavy atom. The summed E-state index contributed by atoms with van der Waals surface area (Å²) in [5.41, 5.74) is 3.45. The SMILES string of the molecule is CN1CCN(C(=O)C[C@H]2CC3(CCN(C(=O)c4ccoc4)CC3)c3ccccc32)CC1. The van der Waals surface area contributed by atoms with Gasteiger partial charge in [-0.2, -0.15) is 0 Å². The van der Waals surface area contributed by atoms with Crippen molar-refractivity contribution < 1.29 is 14.0 Å². The summed E-state index contributed by atoms with van der Waals surface area (Å²) in [4.78, 5) is 32.1. The van der Waals surface area contributed by atoms with Crippen LogP contribution in [-0.2, 0) is 10.2 Å². The van der Waals surface area contributed by atoms with Crippen LogP contribution in [0.3, 0.4) is 0 Å². The van der Waals surface area contributed by atoms with Crippen LogP contribution in [0, 0.1) is 0 Å². The van der Waals surface area contributed by atoms with Gasteiger partial charge in [-0.05, 0) is 54.8 Å². The topological polar surface area (TPSA) is 57.0 Å². The van der Waals surface area contributed by atoms with Crippen LogP contribution in [0.1, 0.15) is 53.1 Å². The molecule has 1 spiro atoms. The third-order valence-corrected chi connectivity index (χ3v) is 7.66. The molecular weight excluding hydrogens is 390 g/mol. The fourth-order valence-corrected chi connectivity index (χ4v) is 5.79. The number of hydrogen-bond acceptors (Lipinski definition) is 4. The van der Waals surface area contributed by atoms with E-state index in [1.165, 1.54) is 17.4 Å². The van der Waals surface area contributed by atoms with Crippen molar-refractivity contribution in [1.82, 2.24) is 14.7 Å². The van der Waals surface area contributed by atoms with Crippen LogP contribution >= 0.6 is 0 Å². The zero-order valence-electron chi connectivity index (χ0n) is 18.3. The first-order chi connectivity index (χ1) is 15.1. The number of piperidine rings is 1. The van der Waals surface area contributed by atoms with Gasteiger partial charge in [0.25, 0.3) is 5.91 Å². The maximum absolute atomic E-state index is 13.1. The quantitative estimate of drug-likeness (QED) is 0.764. The molecule has 2 amide bonds. The number of piperazine rings is 1. The van der Waals surface area contributed by atoms with Crippen LogP contribution in [0.25, 0.3) is 0 Å². The smallest absolute Gasteiger partial charge is 0.257 e. The lowest BCUT2D eigenvalue weighted by atomic mass is 9.73. The molecule has 6 nitrogen and oxygen atoms in total. The molecule has 0 unspecified atom stereocenters. The molecule has 164 valence electrons. The fourth-order valence-electron chi connectivity index (χ4n) is 5.79. The molecule has 31 heavy (non-hydrogen) atoms. The molecular formula is C25H31N3O3. The van der Waals surface area contributed by atoms with Crippen LogP contribution in [0.15, 0.2) is 47.3 Å². The minimum atomic E-state index is 0.0525. The van der Waals surface area contributed by atoms with Gasteiger partial charge in [-0.15, -0.1) is 0 Å². The molecule has 6 heteroatoms. The maximum atomic E-state index is 13.1. The molecule has 0 bridgehead atoms. The van der Waals surface area contributed by atoms with Crippen LogP contribution in [0.5, 0.6) is 0 Å². The lowest BCUT2D eigenvalue weighted by molar-refractivity contribution is -0.133. The first-order valence-electron chi connectivity index (χ1n) is 11.4. The Hall–Kier alpha value is -2.60. The number of benzene rings is 1. The van der Waals surface area contributed by atoms with Crippen LogP contribution in [0.2, 0.25) is 0 Å². The Labute approximate surface area is 183 Å². The first-order valence-corrected chi connectivity index (χ1v) is 11.4. The molecule has 5 rings (SSSR count). The minimum absolute atomic E-state index is 0.0525. The maximum Gasteiger partial charge on any atom is 0.257 e. The van der Waals surface area contributed by atoms with Gasteiger partial charge in [0.15, 0.2) is 0 Å². The lowest BCUT2D eigenvalue weighted by Gasteiger charge is -2.40. The molecule has 0 saturated carbocycles. The number of amides is 2. The second-order valence-electron chi connectivity index (χ2n) is 9.46. The fraction of sp³-hybridized carbons (Fsp3) is 0.520. The van der Waals surface area contributed by atoms with Gasteiger partial charge in [-0.25, -0.2) is 0 Å². The number of furan rings is 1. The van der Waals surface area contributed by atoms with Crippen LogP contribution in [0.4, 0.5) is 0 Å². The normalized spacial score (nSPS) is 23.2. The summed E-state index contributed by atoms with van der Waals surface area (Å²) in [6.45, 7) is 5.07. The summed E-state index contributed by atoms with van der Waals surface area (Å²) in [5.74, 6) is 0.619. The summed E-state index contributed by atoms with van der Waals surface area (Å²) < 4.78 is 5.09. The van der Waals surface area contributed by atoms with Crippen molar-refractivity contribution in [2.24, 2.45) is 0 Å². The number of fused-ring (bicyclic) bond motifs is 2. The Morgan fingerprint density at radius 1 is 1.00 bits per heavy atom. The minimum Gasteiger partial charge on any atom is -0.472 e. The van der Waals surface area contributed by atoms with Crippen LogP contribution < -0.4 is 0 Å². The predicted octanol–water partition coefficient (Wildman–Crippen LogP) is 3.11. The van der Waals surface area contributed by atoms with E-state index in [4.69, 9.17) is 4.42 Å². The second-order valence-corrected chi connectivity index (χ2v) is 9.46. The number of likely N-dealkylation sites (N-methyl/N-ethyl adjacent to an activating group) is 1. The zero-order chi connectivity index (χ0) is 21.4. The number of rotatable bonds is 3. The average molecular weight is 422 g/mol. The second kappa shape index (κ2) is 8.15. The largest absolute Gasteiger partial charge is 0.472 e. The molecule has 2 aliphatic heterocycles. The zero-order valence-corrected chi connectivity index (χ0v) is 18.3. The number of hydrogen-bond donors (Lipinski definition) is 0. The monoisotopic (exact) mass is 421 g/mol. The van der Waals surface area contributed by atoms with E-state index in [1.54, 1.807) is 12.3 Å². The number of likely N-dealkylation sites (tertiary alicyclic amines) is 1. The van der Waals surface area contributed by atoms with Gasteiger partial charge in [0.1, 0.15) is 6.26 Å². The van der Waals surface area contributed by atoms with Gasteiger partial charge < -0.3 is 19.1 Å². The number of carbonyl (C=O) groups excluding carboxylic acids is 2. The van der Waals surface area contributed by atoms with E-state index < -0.39 is 0 Å². The lowest BCUT2D eigenvalue weighted by Crippen LogP contribution is -2.47. The standard InChI is InChI=1S/C25H31N3O3/c1-26-11-13-27(14-12-26)23(29)16-20-17-25(22-5-3-2-4-21(20)22)7-9-28(10-8-25)24(30)19-6-15-31-18-19/h2-6,15,18,20H,7-14,16-17H2,1H3/t20-/m0/s1. The summed E-state index contributed by atoms with van der Waals surface area (Å²) >= 11 is 0. The Kier molecular flexibility index (Phi) is 5.34. The predicted molar refractivity (Wildman–Crippen MR) is 118 cm³/mol. The summed E-state index contributed by atoms with van der Waals surface area (Å²) in [6, 6.07) is 10.4. The van der Waals surface area contributed by atoms with E-state index in [1.807, 2.05) is 9.80 Å². The van der Waals surface area contributed by atoms with Gasteiger partial charge in [0.05, 0.1) is 11.8 Å². The van der Waals surface area contributed by atoms with Gasteiger partial charge in [0.2, 0.25) is 5.91 Å². The van der Waals surface area contributed by atoms with Crippen molar-refractivity contribution in [1.29, 1.82) is 0 Å². The molecule has 1 aromatic heterocycles. The van der Waals surface area contributed by atoms with E-state index in [9.17, 15) is 9.59 Å². The van der Waals surface area contributed by atoms with Gasteiger partial charge in [-0.3, -0.25) is 9.59 Å². The van der Waals surface area contributed by atoms with Gasteiger partial charge in [-0.1, -0.05) is 24.3 Å². The van der Waals surface area contributed by atoms with Crippen molar-refractivity contribution in [2.75, 3.05) is 46.3 Å². The molecule has 1 aromatic carbocycles. The molecule has 1 atom stereocenters. The molecule has 1 aliphatic carbocycles. The van der Waals surface area contributed by atoms with Crippen molar-refractivity contribution >= 4 is 11.8 Å². The highest BCUT2D eigenvalue weighted by Gasteiger charge is 2.46. The van der Waals surface area contributed by atoms with Crippen molar-refractivity contribution in [3.8, 4) is 0 Å². The molecule has 3 heterocycles. The Balaban J connectivity index is 1.29. The van der Waals surface area contributed by atoms with Gasteiger partial charge >= 0.3 is 0 Å². The molecule has 0 N–H and O–H groups in total. The van der Waals surface area contributed by atoms with Crippen LogP contribution in [-0.4, -0.2) is 72.8 Å². The molecule has 0 radical (unpaired) electrons. The van der Waals surface area contributed by atoms with Crippen molar-refractivity contribution in [3.63, 3.8) is 0 Å². The summed E-state index contributed by atoms with van der Waals surface area (Å²) in [6.07, 6.45) is 6.59. The highest BCUT2D eigenvalue weighted by atomic mass is 16.3. The Bertz CT molecular complexity index is 939. The average Bonchev–Trinajstić information content (AvgIpc) is 3.43. The summed E-state index contributed by atoms with van der Waals surface area (Å²) in [5, 5.41) is 0. The van der Waals surface area contributed by atoms with Crippen molar-refractivity contribution in [2.45, 2.75) is 37.0 Å². The van der Waals surface area contributed by atoms with E-state index in [0.717, 1.165) is 58.5 Å². The third-order valence-electron chi connectivity index (χ3n) is 7.66. The molecule has 3 aliphatic rings. The van der Waals surface area contributed by atoms with Gasteiger partial charge in [0, 0.05) is 45.7 Å². The van der Waals surface area contributed by atoms with Crippen molar-refractivity contribution in [3.05, 3.63) is 59.5 Å². The molecule has 2 aromatic rings. The third kappa shape index (κ3) is 3.78. The molecule has 2 fully saturated rings. The van der Waals surface area contributed by atoms with E-state index in [0.29, 0.717) is 12.0 Å². The highest BCUT2D eigenvalue weighted by Crippen LogP contribution is 2.52.